The lowest BCUT2D eigenvalue weighted by Gasteiger charge is -2.38. The van der Waals surface area contributed by atoms with E-state index in [9.17, 15) is 24.3 Å². The van der Waals surface area contributed by atoms with Crippen molar-refractivity contribution < 1.29 is 29.0 Å². The number of benzene rings is 2. The molecule has 2 aromatic rings. The third kappa shape index (κ3) is 8.31. The van der Waals surface area contributed by atoms with Gasteiger partial charge in [0, 0.05) is 44.8 Å². The second-order valence-electron chi connectivity index (χ2n) is 12.4. The van der Waals surface area contributed by atoms with Crippen LogP contribution in [0.25, 0.3) is 0 Å². The van der Waals surface area contributed by atoms with Gasteiger partial charge in [0.25, 0.3) is 11.8 Å². The highest BCUT2D eigenvalue weighted by Gasteiger charge is 2.29. The first kappa shape index (κ1) is 31.0. The first-order valence-electron chi connectivity index (χ1n) is 14.6. The summed E-state index contributed by atoms with van der Waals surface area (Å²) in [5.41, 5.74) is 3.15. The largest absolute Gasteiger partial charge is 0.481 e. The maximum Gasteiger partial charge on any atom is 0.305 e. The van der Waals surface area contributed by atoms with Crippen molar-refractivity contribution in [3.8, 4) is 0 Å². The van der Waals surface area contributed by atoms with Crippen LogP contribution in [0.3, 0.4) is 0 Å². The van der Waals surface area contributed by atoms with Gasteiger partial charge in [-0.15, -0.1) is 0 Å². The fourth-order valence-corrected chi connectivity index (χ4v) is 5.28. The molecule has 10 heteroatoms. The Bertz CT molecular complexity index is 1290. The summed E-state index contributed by atoms with van der Waals surface area (Å²) >= 11 is 0. The smallest absolute Gasteiger partial charge is 0.305 e. The molecule has 0 saturated carbocycles. The minimum atomic E-state index is -1.03. The van der Waals surface area contributed by atoms with Gasteiger partial charge in [-0.1, -0.05) is 50.6 Å². The molecule has 226 valence electrons. The van der Waals surface area contributed by atoms with Gasteiger partial charge in [0.15, 0.2) is 0 Å². The van der Waals surface area contributed by atoms with Crippen LogP contribution in [0.2, 0.25) is 0 Å². The number of piperazine rings is 1. The Morgan fingerprint density at radius 3 is 2.31 bits per heavy atom. The van der Waals surface area contributed by atoms with E-state index in [-0.39, 0.29) is 23.7 Å². The second-order valence-corrected chi connectivity index (χ2v) is 12.4. The molecule has 4 rings (SSSR count). The molecule has 3 N–H and O–H groups in total. The van der Waals surface area contributed by atoms with Crippen LogP contribution in [-0.4, -0.2) is 72.6 Å². The van der Waals surface area contributed by atoms with Gasteiger partial charge < -0.3 is 30.3 Å². The van der Waals surface area contributed by atoms with Crippen molar-refractivity contribution in [2.24, 2.45) is 5.41 Å². The van der Waals surface area contributed by atoms with E-state index in [1.165, 1.54) is 0 Å². The van der Waals surface area contributed by atoms with Crippen LogP contribution in [0, 0.1) is 12.3 Å². The zero-order valence-electron chi connectivity index (χ0n) is 24.9. The van der Waals surface area contributed by atoms with Gasteiger partial charge in [-0.3, -0.25) is 19.2 Å². The number of aliphatic carboxylic acids is 1. The lowest BCUT2D eigenvalue weighted by Crippen LogP contribution is -2.49. The minimum Gasteiger partial charge on any atom is -0.481 e. The average Bonchev–Trinajstić information content (AvgIpc) is 3.47. The van der Waals surface area contributed by atoms with Gasteiger partial charge in [-0.05, 0) is 48.9 Å². The summed E-state index contributed by atoms with van der Waals surface area (Å²) in [6.07, 6.45) is 1.09. The first-order chi connectivity index (χ1) is 19.9. The number of hydrogen-bond acceptors (Lipinski definition) is 6. The highest BCUT2D eigenvalue weighted by atomic mass is 16.5. The number of carboxylic acids is 1. The molecule has 0 aromatic heterocycles. The molecule has 2 aliphatic heterocycles. The summed E-state index contributed by atoms with van der Waals surface area (Å²) < 4.78 is 5.57. The Morgan fingerprint density at radius 1 is 1.02 bits per heavy atom. The van der Waals surface area contributed by atoms with E-state index in [1.54, 1.807) is 18.2 Å². The Balaban J connectivity index is 1.55. The normalized spacial score (nSPS) is 18.0. The van der Waals surface area contributed by atoms with E-state index in [2.05, 4.69) is 15.5 Å². The number of carbonyl (C=O) groups excluding carboxylic acids is 3. The second kappa shape index (κ2) is 13.4. The monoisotopic (exact) mass is 578 g/mol. The summed E-state index contributed by atoms with van der Waals surface area (Å²) in [7, 11) is 0. The summed E-state index contributed by atoms with van der Waals surface area (Å²) in [6, 6.07) is 11.7. The number of aryl methyl sites for hydroxylation is 1. The van der Waals surface area contributed by atoms with Crippen molar-refractivity contribution in [3.05, 3.63) is 59.2 Å². The van der Waals surface area contributed by atoms with E-state index in [0.29, 0.717) is 62.4 Å². The molecule has 2 unspecified atom stereocenters. The Kier molecular flexibility index (Phi) is 9.88. The van der Waals surface area contributed by atoms with Gasteiger partial charge in [0.1, 0.15) is 6.10 Å². The highest BCUT2D eigenvalue weighted by Crippen LogP contribution is 2.30. The average molecular weight is 579 g/mol. The van der Waals surface area contributed by atoms with E-state index in [4.69, 9.17) is 4.74 Å². The summed E-state index contributed by atoms with van der Waals surface area (Å²) in [4.78, 5) is 54.8. The summed E-state index contributed by atoms with van der Waals surface area (Å²) in [5.74, 6) is -1.61. The SMILES string of the molecule is Cc1ccc(C(CC(=O)O)NC(=O)c2ccc(N3CCN(C(=O)CC(C)(C)C)CC3)c(NC(=O)C3CCCO3)c2)cc1. The zero-order chi connectivity index (χ0) is 30.4. The topological polar surface area (TPSA) is 128 Å². The molecule has 2 aromatic carbocycles. The summed E-state index contributed by atoms with van der Waals surface area (Å²) in [5, 5.41) is 15.3. The van der Waals surface area contributed by atoms with Crippen LogP contribution in [0.4, 0.5) is 11.4 Å². The van der Waals surface area contributed by atoms with Gasteiger partial charge in [0.2, 0.25) is 5.91 Å². The summed E-state index contributed by atoms with van der Waals surface area (Å²) in [6.45, 7) is 10.9. The molecule has 2 heterocycles. The van der Waals surface area contributed by atoms with Crippen LogP contribution >= 0.6 is 0 Å². The molecule has 0 bridgehead atoms. The van der Waals surface area contributed by atoms with Crippen LogP contribution in [0.1, 0.15) is 74.0 Å². The molecule has 10 nitrogen and oxygen atoms in total. The standard InChI is InChI=1S/C32H42N4O6/c1-21-7-9-22(10-8-21)24(19-29(38)39)33-30(40)23-11-12-26(25(18-23)34-31(41)27-6-5-17-42-27)35-13-15-36(16-14-35)28(37)20-32(2,3)4/h7-12,18,24,27H,5-6,13-17,19-20H2,1-4H3,(H,33,40)(H,34,41)(H,38,39). The molecule has 0 radical (unpaired) electrons. The van der Waals surface area contributed by atoms with Crippen LogP contribution in [-0.2, 0) is 19.1 Å². The van der Waals surface area contributed by atoms with E-state index in [0.717, 1.165) is 17.7 Å². The maximum atomic E-state index is 13.4. The fraction of sp³-hybridized carbons (Fsp3) is 0.500. The van der Waals surface area contributed by atoms with E-state index >= 15 is 0 Å². The molecule has 3 amide bonds. The van der Waals surface area contributed by atoms with Crippen molar-refractivity contribution >= 4 is 35.1 Å². The number of ether oxygens (including phenoxy) is 1. The maximum absolute atomic E-state index is 13.4. The lowest BCUT2D eigenvalue weighted by molar-refractivity contribution is -0.137. The predicted octanol–water partition coefficient (Wildman–Crippen LogP) is 4.14. The van der Waals surface area contributed by atoms with Crippen LogP contribution in [0.5, 0.6) is 0 Å². The fourth-order valence-electron chi connectivity index (χ4n) is 5.28. The quantitative estimate of drug-likeness (QED) is 0.408. The molecule has 2 atom stereocenters. The third-order valence-electron chi connectivity index (χ3n) is 7.56. The number of carboxylic acid groups (broad SMARTS) is 1. The van der Waals surface area contributed by atoms with Crippen LogP contribution < -0.4 is 15.5 Å². The van der Waals surface area contributed by atoms with Crippen LogP contribution in [0.15, 0.2) is 42.5 Å². The number of nitrogens with one attached hydrogen (secondary N) is 2. The Morgan fingerprint density at radius 2 is 1.71 bits per heavy atom. The Labute approximate surface area is 247 Å². The predicted molar refractivity (Wildman–Crippen MR) is 161 cm³/mol. The van der Waals surface area contributed by atoms with Crippen molar-refractivity contribution in [3.63, 3.8) is 0 Å². The Hall–Kier alpha value is -3.92. The number of anilines is 2. The van der Waals surface area contributed by atoms with Crippen molar-refractivity contribution in [1.29, 1.82) is 0 Å². The van der Waals surface area contributed by atoms with E-state index < -0.39 is 24.0 Å². The molecule has 0 aliphatic carbocycles. The van der Waals surface area contributed by atoms with Crippen molar-refractivity contribution in [1.82, 2.24) is 10.2 Å². The zero-order valence-corrected chi connectivity index (χ0v) is 24.9. The molecule has 42 heavy (non-hydrogen) atoms. The highest BCUT2D eigenvalue weighted by molar-refractivity contribution is 6.01. The van der Waals surface area contributed by atoms with Gasteiger partial charge in [0.05, 0.1) is 23.8 Å². The van der Waals surface area contributed by atoms with Gasteiger partial charge in [-0.25, -0.2) is 0 Å². The molecular weight excluding hydrogens is 536 g/mol. The number of nitrogens with zero attached hydrogens (tertiary/aromatic N) is 2. The molecular formula is C32H42N4O6. The van der Waals surface area contributed by atoms with Gasteiger partial charge >= 0.3 is 5.97 Å². The first-order valence-corrected chi connectivity index (χ1v) is 14.6. The van der Waals surface area contributed by atoms with Crippen molar-refractivity contribution in [2.75, 3.05) is 43.0 Å². The molecule has 0 spiro atoms. The number of hydrogen-bond donors (Lipinski definition) is 3. The van der Waals surface area contributed by atoms with Crippen molar-refractivity contribution in [2.45, 2.75) is 65.5 Å². The number of carbonyl (C=O) groups is 4. The molecule has 2 aliphatic rings. The molecule has 2 fully saturated rings. The third-order valence-corrected chi connectivity index (χ3v) is 7.56. The minimum absolute atomic E-state index is 0.0900. The lowest BCUT2D eigenvalue weighted by atomic mass is 9.91. The molecule has 2 saturated heterocycles. The van der Waals surface area contributed by atoms with Gasteiger partial charge in [-0.2, -0.15) is 0 Å². The number of amides is 3. The number of rotatable bonds is 9. The van der Waals surface area contributed by atoms with E-state index in [1.807, 2.05) is 56.9 Å².